The van der Waals surface area contributed by atoms with E-state index in [1.165, 1.54) is 6.33 Å². The van der Waals surface area contributed by atoms with Gasteiger partial charge in [0.2, 0.25) is 0 Å². The van der Waals surface area contributed by atoms with E-state index in [9.17, 15) is 4.79 Å². The first kappa shape index (κ1) is 11.3. The molecule has 0 saturated heterocycles. The van der Waals surface area contributed by atoms with Gasteiger partial charge in [-0.1, -0.05) is 5.16 Å². The van der Waals surface area contributed by atoms with Gasteiger partial charge in [0.25, 0.3) is 5.91 Å². The van der Waals surface area contributed by atoms with Crippen LogP contribution in [0, 0.1) is 20.8 Å². The van der Waals surface area contributed by atoms with Crippen LogP contribution in [0.25, 0.3) is 0 Å². The maximum Gasteiger partial charge on any atom is 0.275 e. The van der Waals surface area contributed by atoms with Gasteiger partial charge in [-0.2, -0.15) is 0 Å². The zero-order valence-corrected chi connectivity index (χ0v) is 9.81. The molecule has 0 radical (unpaired) electrons. The van der Waals surface area contributed by atoms with Crippen molar-refractivity contribution in [1.82, 2.24) is 15.1 Å². The smallest absolute Gasteiger partial charge is 0.275 e. The summed E-state index contributed by atoms with van der Waals surface area (Å²) in [5.74, 6) is 0.695. The Morgan fingerprint density at radius 2 is 2.06 bits per heavy atom. The quantitative estimate of drug-likeness (QED) is 0.851. The summed E-state index contributed by atoms with van der Waals surface area (Å²) in [5, 5.41) is 6.30. The van der Waals surface area contributed by atoms with Crippen LogP contribution in [0.4, 0.5) is 5.82 Å². The third-order valence-corrected chi connectivity index (χ3v) is 2.42. The van der Waals surface area contributed by atoms with Crippen LogP contribution in [0.2, 0.25) is 0 Å². The van der Waals surface area contributed by atoms with Gasteiger partial charge in [-0.05, 0) is 20.8 Å². The molecule has 0 saturated carbocycles. The van der Waals surface area contributed by atoms with Crippen molar-refractivity contribution in [1.29, 1.82) is 0 Å². The van der Waals surface area contributed by atoms with E-state index in [0.717, 1.165) is 11.3 Å². The average molecular weight is 232 g/mol. The molecule has 0 aliphatic heterocycles. The molecule has 2 aromatic heterocycles. The molecule has 0 bridgehead atoms. The summed E-state index contributed by atoms with van der Waals surface area (Å²) in [6, 6.07) is 1.64. The molecule has 2 rings (SSSR count). The highest BCUT2D eigenvalue weighted by Crippen LogP contribution is 2.11. The number of amides is 1. The monoisotopic (exact) mass is 232 g/mol. The molecule has 6 nitrogen and oxygen atoms in total. The number of aryl methyl sites for hydroxylation is 2. The number of nitrogens with one attached hydrogen (secondary N) is 1. The predicted octanol–water partition coefficient (Wildman–Crippen LogP) is 1.64. The molecule has 17 heavy (non-hydrogen) atoms. The lowest BCUT2D eigenvalue weighted by atomic mass is 10.2. The van der Waals surface area contributed by atoms with Gasteiger partial charge in [-0.25, -0.2) is 9.97 Å². The van der Waals surface area contributed by atoms with Crippen LogP contribution in [0.3, 0.4) is 0 Å². The largest absolute Gasteiger partial charge is 0.360 e. The van der Waals surface area contributed by atoms with Crippen molar-refractivity contribution >= 4 is 11.7 Å². The number of nitrogens with zero attached hydrogens (tertiary/aromatic N) is 3. The first-order chi connectivity index (χ1) is 8.08. The summed E-state index contributed by atoms with van der Waals surface area (Å²) in [6.45, 7) is 5.38. The van der Waals surface area contributed by atoms with Crippen molar-refractivity contribution < 1.29 is 9.32 Å². The second-order valence-electron chi connectivity index (χ2n) is 3.71. The van der Waals surface area contributed by atoms with E-state index >= 15 is 0 Å². The van der Waals surface area contributed by atoms with Gasteiger partial charge in [0.15, 0.2) is 5.82 Å². The van der Waals surface area contributed by atoms with Crippen molar-refractivity contribution in [3.63, 3.8) is 0 Å². The van der Waals surface area contributed by atoms with Crippen LogP contribution < -0.4 is 5.32 Å². The van der Waals surface area contributed by atoms with Crippen LogP contribution >= 0.6 is 0 Å². The molecular formula is C11H12N4O2. The summed E-state index contributed by atoms with van der Waals surface area (Å²) < 4.78 is 4.86. The second-order valence-corrected chi connectivity index (χ2v) is 3.71. The summed E-state index contributed by atoms with van der Waals surface area (Å²) in [7, 11) is 0. The molecule has 0 atom stereocenters. The maximum absolute atomic E-state index is 11.9. The van der Waals surface area contributed by atoms with Crippen molar-refractivity contribution in [2.24, 2.45) is 0 Å². The van der Waals surface area contributed by atoms with Crippen molar-refractivity contribution in [2.75, 3.05) is 5.32 Å². The van der Waals surface area contributed by atoms with Crippen LogP contribution in [-0.2, 0) is 0 Å². The number of anilines is 1. The van der Waals surface area contributed by atoms with Gasteiger partial charge in [0.1, 0.15) is 17.8 Å². The minimum atomic E-state index is -0.318. The first-order valence-electron chi connectivity index (χ1n) is 5.11. The lowest BCUT2D eigenvalue weighted by Crippen LogP contribution is -2.16. The number of hydrogen-bond donors (Lipinski definition) is 1. The molecule has 6 heteroatoms. The minimum Gasteiger partial charge on any atom is -0.360 e. The van der Waals surface area contributed by atoms with E-state index in [0.29, 0.717) is 17.3 Å². The van der Waals surface area contributed by atoms with Crippen molar-refractivity contribution in [2.45, 2.75) is 20.8 Å². The second kappa shape index (κ2) is 4.32. The van der Waals surface area contributed by atoms with E-state index in [2.05, 4.69) is 20.4 Å². The Balaban J connectivity index is 2.23. The molecule has 1 amide bonds. The third-order valence-electron chi connectivity index (χ3n) is 2.42. The van der Waals surface area contributed by atoms with Crippen LogP contribution in [0.15, 0.2) is 16.9 Å². The Labute approximate surface area is 98.1 Å². The van der Waals surface area contributed by atoms with E-state index in [1.54, 1.807) is 19.9 Å². The maximum atomic E-state index is 11.9. The Bertz CT molecular complexity index is 562. The van der Waals surface area contributed by atoms with Gasteiger partial charge < -0.3 is 9.84 Å². The highest BCUT2D eigenvalue weighted by Gasteiger charge is 2.14. The van der Waals surface area contributed by atoms with Gasteiger partial charge in [0, 0.05) is 17.3 Å². The molecule has 0 aromatic carbocycles. The molecule has 0 fully saturated rings. The molecule has 2 heterocycles. The topological polar surface area (TPSA) is 80.9 Å². The molecule has 2 aromatic rings. The zero-order chi connectivity index (χ0) is 12.4. The third kappa shape index (κ3) is 2.30. The average Bonchev–Trinajstić information content (AvgIpc) is 2.68. The number of carbonyl (C=O) groups excluding carboxylic acids is 1. The Kier molecular flexibility index (Phi) is 2.86. The standard InChI is InChI=1S/C11H12N4O2/c1-6-4-9(15-17-6)14-11(16)10-7(2)8(3)12-5-13-10/h4-5H,1-3H3,(H,14,15,16). The molecule has 0 aliphatic carbocycles. The lowest BCUT2D eigenvalue weighted by Gasteiger charge is -2.05. The molecule has 1 N–H and O–H groups in total. The van der Waals surface area contributed by atoms with Gasteiger partial charge >= 0.3 is 0 Å². The molecule has 0 aliphatic rings. The van der Waals surface area contributed by atoms with E-state index in [1.807, 2.05) is 6.92 Å². The zero-order valence-electron chi connectivity index (χ0n) is 9.81. The van der Waals surface area contributed by atoms with Crippen molar-refractivity contribution in [3.05, 3.63) is 35.1 Å². The van der Waals surface area contributed by atoms with Crippen LogP contribution in [-0.4, -0.2) is 21.0 Å². The summed E-state index contributed by atoms with van der Waals surface area (Å²) in [6.07, 6.45) is 1.37. The van der Waals surface area contributed by atoms with Gasteiger partial charge in [-0.15, -0.1) is 0 Å². The highest BCUT2D eigenvalue weighted by atomic mass is 16.5. The highest BCUT2D eigenvalue weighted by molar-refractivity contribution is 6.03. The fourth-order valence-corrected chi connectivity index (χ4v) is 1.37. The SMILES string of the molecule is Cc1cc(NC(=O)c2ncnc(C)c2C)no1. The molecular weight excluding hydrogens is 220 g/mol. The van der Waals surface area contributed by atoms with Crippen LogP contribution in [0.1, 0.15) is 27.5 Å². The van der Waals surface area contributed by atoms with E-state index in [4.69, 9.17) is 4.52 Å². The normalized spacial score (nSPS) is 10.3. The molecule has 0 spiro atoms. The first-order valence-corrected chi connectivity index (χ1v) is 5.11. The fraction of sp³-hybridized carbons (Fsp3) is 0.273. The van der Waals surface area contributed by atoms with E-state index < -0.39 is 0 Å². The van der Waals surface area contributed by atoms with Crippen molar-refractivity contribution in [3.8, 4) is 0 Å². The summed E-state index contributed by atoms with van der Waals surface area (Å²) in [5.41, 5.74) is 1.88. The Morgan fingerprint density at radius 3 is 2.71 bits per heavy atom. The van der Waals surface area contributed by atoms with Gasteiger partial charge in [-0.3, -0.25) is 4.79 Å². The molecule has 0 unspecified atom stereocenters. The number of rotatable bonds is 2. The summed E-state index contributed by atoms with van der Waals surface area (Å²) in [4.78, 5) is 19.9. The van der Waals surface area contributed by atoms with Gasteiger partial charge in [0.05, 0.1) is 0 Å². The molecule has 88 valence electrons. The Hall–Kier alpha value is -2.24. The van der Waals surface area contributed by atoms with E-state index in [-0.39, 0.29) is 5.91 Å². The fourth-order valence-electron chi connectivity index (χ4n) is 1.37. The lowest BCUT2D eigenvalue weighted by molar-refractivity contribution is 0.102. The number of carbonyl (C=O) groups is 1. The Morgan fingerprint density at radius 1 is 1.29 bits per heavy atom. The number of aromatic nitrogens is 3. The van der Waals surface area contributed by atoms with Crippen LogP contribution in [0.5, 0.6) is 0 Å². The summed E-state index contributed by atoms with van der Waals surface area (Å²) >= 11 is 0. The predicted molar refractivity (Wildman–Crippen MR) is 60.7 cm³/mol. The number of hydrogen-bond acceptors (Lipinski definition) is 5. The minimum absolute atomic E-state index is 0.318.